The van der Waals surface area contributed by atoms with Gasteiger partial charge in [0.25, 0.3) is 0 Å². The van der Waals surface area contributed by atoms with Crippen LogP contribution in [-0.2, 0) is 4.79 Å². The summed E-state index contributed by atoms with van der Waals surface area (Å²) in [6.45, 7) is 5.53. The maximum absolute atomic E-state index is 10.4. The van der Waals surface area contributed by atoms with Gasteiger partial charge in [0.2, 0.25) is 0 Å². The largest absolute Gasteiger partial charge is 0.478 e. The van der Waals surface area contributed by atoms with Crippen molar-refractivity contribution in [3.63, 3.8) is 0 Å². The summed E-state index contributed by atoms with van der Waals surface area (Å²) in [5.74, 6) is -0.888. The van der Waals surface area contributed by atoms with Gasteiger partial charge in [-0.15, -0.1) is 0 Å². The van der Waals surface area contributed by atoms with Crippen LogP contribution in [0.4, 0.5) is 0 Å². The summed E-state index contributed by atoms with van der Waals surface area (Å²) in [5.41, 5.74) is 0.295. The first-order chi connectivity index (χ1) is 5.45. The van der Waals surface area contributed by atoms with Crippen LogP contribution in [0.15, 0.2) is 12.2 Å². The Hall–Kier alpha value is -0.830. The molecular formula is C9H17NO2. The first-order valence-corrected chi connectivity index (χ1v) is 4.02. The number of hydrogen-bond donors (Lipinski definition) is 1. The molecule has 0 aliphatic heterocycles. The van der Waals surface area contributed by atoms with Crippen LogP contribution < -0.4 is 0 Å². The first kappa shape index (κ1) is 11.2. The molecule has 1 atom stereocenters. The molecule has 0 aromatic rings. The number of carboxylic acid groups (broad SMARTS) is 1. The first-order valence-electron chi connectivity index (χ1n) is 4.02. The molecule has 0 saturated heterocycles. The number of hydrogen-bond acceptors (Lipinski definition) is 2. The molecule has 0 radical (unpaired) electrons. The van der Waals surface area contributed by atoms with Crippen molar-refractivity contribution in [3.05, 3.63) is 12.2 Å². The van der Waals surface area contributed by atoms with Crippen molar-refractivity contribution in [2.75, 3.05) is 14.1 Å². The van der Waals surface area contributed by atoms with Crippen LogP contribution in [0.2, 0.25) is 0 Å². The molecule has 0 aromatic heterocycles. The zero-order valence-corrected chi connectivity index (χ0v) is 8.00. The van der Waals surface area contributed by atoms with Crippen LogP contribution in [0.3, 0.4) is 0 Å². The Labute approximate surface area is 73.7 Å². The van der Waals surface area contributed by atoms with E-state index in [-0.39, 0.29) is 0 Å². The van der Waals surface area contributed by atoms with Crippen molar-refractivity contribution >= 4 is 5.97 Å². The van der Waals surface area contributed by atoms with Crippen molar-refractivity contribution in [1.29, 1.82) is 0 Å². The van der Waals surface area contributed by atoms with Crippen molar-refractivity contribution in [1.82, 2.24) is 4.90 Å². The van der Waals surface area contributed by atoms with Crippen LogP contribution in [0.5, 0.6) is 0 Å². The Morgan fingerprint density at radius 3 is 2.42 bits per heavy atom. The Kier molecular flexibility index (Phi) is 4.59. The fourth-order valence-electron chi connectivity index (χ4n) is 0.748. The summed E-state index contributed by atoms with van der Waals surface area (Å²) >= 11 is 0. The van der Waals surface area contributed by atoms with E-state index >= 15 is 0 Å². The summed E-state index contributed by atoms with van der Waals surface area (Å²) < 4.78 is 0. The van der Waals surface area contributed by atoms with E-state index in [9.17, 15) is 4.79 Å². The predicted octanol–water partition coefficient (Wildman–Crippen LogP) is 1.36. The lowest BCUT2D eigenvalue weighted by atomic mass is 10.1. The number of aliphatic carboxylic acids is 1. The lowest BCUT2D eigenvalue weighted by Gasteiger charge is -2.19. The van der Waals surface area contributed by atoms with Gasteiger partial charge >= 0.3 is 5.97 Å². The van der Waals surface area contributed by atoms with Crippen molar-refractivity contribution in [3.8, 4) is 0 Å². The van der Waals surface area contributed by atoms with Gasteiger partial charge in [0.05, 0.1) is 0 Å². The molecule has 70 valence electrons. The number of nitrogens with zero attached hydrogens (tertiary/aromatic N) is 1. The minimum absolute atomic E-state index is 0.295. The van der Waals surface area contributed by atoms with Gasteiger partial charge in [-0.2, -0.15) is 0 Å². The SMILES string of the molecule is C=C(CCC(C)N(C)C)C(=O)O. The smallest absolute Gasteiger partial charge is 0.330 e. The Morgan fingerprint density at radius 1 is 1.58 bits per heavy atom. The van der Waals surface area contributed by atoms with Gasteiger partial charge in [-0.05, 0) is 33.9 Å². The normalized spacial score (nSPS) is 13.0. The second kappa shape index (κ2) is 4.93. The molecule has 0 spiro atoms. The maximum atomic E-state index is 10.4. The molecular weight excluding hydrogens is 154 g/mol. The van der Waals surface area contributed by atoms with E-state index in [4.69, 9.17) is 5.11 Å². The summed E-state index contributed by atoms with van der Waals surface area (Å²) in [4.78, 5) is 12.4. The second-order valence-electron chi connectivity index (χ2n) is 3.26. The minimum Gasteiger partial charge on any atom is -0.478 e. The van der Waals surface area contributed by atoms with E-state index in [2.05, 4.69) is 18.4 Å². The molecule has 0 aliphatic rings. The molecule has 1 unspecified atom stereocenters. The molecule has 0 aromatic carbocycles. The molecule has 1 N–H and O–H groups in total. The second-order valence-corrected chi connectivity index (χ2v) is 3.26. The molecule has 0 heterocycles. The summed E-state index contributed by atoms with van der Waals surface area (Å²) in [6.07, 6.45) is 1.41. The third-order valence-electron chi connectivity index (χ3n) is 2.05. The highest BCUT2D eigenvalue weighted by molar-refractivity contribution is 5.85. The third kappa shape index (κ3) is 4.13. The lowest BCUT2D eigenvalue weighted by Crippen LogP contribution is -2.24. The van der Waals surface area contributed by atoms with E-state index in [1.807, 2.05) is 14.1 Å². The molecule has 0 saturated carbocycles. The lowest BCUT2D eigenvalue weighted by molar-refractivity contribution is -0.132. The Balaban J connectivity index is 3.69. The molecule has 0 amide bonds. The van der Waals surface area contributed by atoms with Gasteiger partial charge in [-0.3, -0.25) is 0 Å². The summed E-state index contributed by atoms with van der Waals surface area (Å²) in [5, 5.41) is 8.52. The highest BCUT2D eigenvalue weighted by atomic mass is 16.4. The van der Waals surface area contributed by atoms with Crippen molar-refractivity contribution in [2.45, 2.75) is 25.8 Å². The number of carboxylic acids is 1. The zero-order chi connectivity index (χ0) is 9.72. The fourth-order valence-corrected chi connectivity index (χ4v) is 0.748. The van der Waals surface area contributed by atoms with Crippen LogP contribution in [0.1, 0.15) is 19.8 Å². The van der Waals surface area contributed by atoms with Gasteiger partial charge in [0.15, 0.2) is 0 Å². The van der Waals surface area contributed by atoms with Gasteiger partial charge in [0, 0.05) is 11.6 Å². The molecule has 3 heteroatoms. The molecule has 12 heavy (non-hydrogen) atoms. The van der Waals surface area contributed by atoms with E-state index in [0.717, 1.165) is 6.42 Å². The van der Waals surface area contributed by atoms with E-state index in [0.29, 0.717) is 18.0 Å². The van der Waals surface area contributed by atoms with Crippen LogP contribution in [0, 0.1) is 0 Å². The third-order valence-corrected chi connectivity index (χ3v) is 2.05. The molecule has 0 bridgehead atoms. The summed E-state index contributed by atoms with van der Waals surface area (Å²) in [7, 11) is 3.96. The highest BCUT2D eigenvalue weighted by Crippen LogP contribution is 2.08. The van der Waals surface area contributed by atoms with Gasteiger partial charge in [-0.1, -0.05) is 6.58 Å². The average Bonchev–Trinajstić information content (AvgIpc) is 1.98. The van der Waals surface area contributed by atoms with Crippen molar-refractivity contribution in [2.24, 2.45) is 0 Å². The Morgan fingerprint density at radius 2 is 2.08 bits per heavy atom. The number of carbonyl (C=O) groups is 1. The van der Waals surface area contributed by atoms with Crippen molar-refractivity contribution < 1.29 is 9.90 Å². The minimum atomic E-state index is -0.888. The van der Waals surface area contributed by atoms with Crippen LogP contribution in [0.25, 0.3) is 0 Å². The fraction of sp³-hybridized carbons (Fsp3) is 0.667. The molecule has 0 fully saturated rings. The maximum Gasteiger partial charge on any atom is 0.330 e. The number of rotatable bonds is 5. The molecule has 0 aliphatic carbocycles. The predicted molar refractivity (Wildman–Crippen MR) is 49.2 cm³/mol. The van der Waals surface area contributed by atoms with Crippen LogP contribution in [-0.4, -0.2) is 36.1 Å². The van der Waals surface area contributed by atoms with Gasteiger partial charge < -0.3 is 10.0 Å². The van der Waals surface area contributed by atoms with Crippen LogP contribution >= 0.6 is 0 Å². The topological polar surface area (TPSA) is 40.5 Å². The standard InChI is InChI=1S/C9H17NO2/c1-7(9(11)12)5-6-8(2)10(3)4/h8H,1,5-6H2,2-4H3,(H,11,12). The van der Waals surface area contributed by atoms with E-state index < -0.39 is 5.97 Å². The van der Waals surface area contributed by atoms with Gasteiger partial charge in [-0.25, -0.2) is 4.79 Å². The molecule has 3 nitrogen and oxygen atoms in total. The molecule has 0 rings (SSSR count). The average molecular weight is 171 g/mol. The zero-order valence-electron chi connectivity index (χ0n) is 8.00. The summed E-state index contributed by atoms with van der Waals surface area (Å²) in [6, 6.07) is 0.404. The highest BCUT2D eigenvalue weighted by Gasteiger charge is 2.08. The Bertz CT molecular complexity index is 175. The van der Waals surface area contributed by atoms with E-state index in [1.54, 1.807) is 0 Å². The quantitative estimate of drug-likeness (QED) is 0.635. The van der Waals surface area contributed by atoms with E-state index in [1.165, 1.54) is 0 Å². The van der Waals surface area contributed by atoms with Gasteiger partial charge in [0.1, 0.15) is 0 Å². The monoisotopic (exact) mass is 171 g/mol.